The number of nitrogens with zero attached hydrogens (tertiary/aromatic N) is 2. The summed E-state index contributed by atoms with van der Waals surface area (Å²) in [6.45, 7) is 0.906. The Labute approximate surface area is 170 Å². The SMILES string of the molecule is COc1cccc(-c2cccc(C(=O)N3C[C@@H](Cc4ccncc4)[C@@H](O)C3)c2)c1. The third-order valence-electron chi connectivity index (χ3n) is 5.45. The molecule has 29 heavy (non-hydrogen) atoms. The minimum absolute atomic E-state index is 0.0305. The van der Waals surface area contributed by atoms with Gasteiger partial charge in [0.1, 0.15) is 5.75 Å². The van der Waals surface area contributed by atoms with Crippen LogP contribution in [-0.4, -0.2) is 47.2 Å². The molecule has 1 aliphatic rings. The molecule has 2 aromatic carbocycles. The van der Waals surface area contributed by atoms with Crippen LogP contribution in [0.3, 0.4) is 0 Å². The zero-order valence-electron chi connectivity index (χ0n) is 16.4. The maximum Gasteiger partial charge on any atom is 0.253 e. The molecule has 1 aliphatic heterocycles. The van der Waals surface area contributed by atoms with Crippen molar-refractivity contribution in [3.63, 3.8) is 0 Å². The molecule has 3 aromatic rings. The highest BCUT2D eigenvalue weighted by molar-refractivity contribution is 5.95. The van der Waals surface area contributed by atoms with Gasteiger partial charge in [-0.15, -0.1) is 0 Å². The Morgan fingerprint density at radius 3 is 2.55 bits per heavy atom. The Hall–Kier alpha value is -3.18. The van der Waals surface area contributed by atoms with Crippen molar-refractivity contribution in [2.45, 2.75) is 12.5 Å². The second-order valence-corrected chi connectivity index (χ2v) is 7.41. The molecule has 1 saturated heterocycles. The number of hydrogen-bond acceptors (Lipinski definition) is 4. The Kier molecular flexibility index (Phi) is 5.58. The number of benzene rings is 2. The lowest BCUT2D eigenvalue weighted by Gasteiger charge is -2.17. The summed E-state index contributed by atoms with van der Waals surface area (Å²) in [6.07, 6.45) is 3.72. The first kappa shape index (κ1) is 19.2. The lowest BCUT2D eigenvalue weighted by atomic mass is 9.97. The van der Waals surface area contributed by atoms with Crippen LogP contribution in [0.5, 0.6) is 5.75 Å². The number of methoxy groups -OCH3 is 1. The number of hydrogen-bond donors (Lipinski definition) is 1. The highest BCUT2D eigenvalue weighted by Gasteiger charge is 2.34. The van der Waals surface area contributed by atoms with Crippen molar-refractivity contribution in [2.75, 3.05) is 20.2 Å². The number of pyridine rings is 1. The van der Waals surface area contributed by atoms with Gasteiger partial charge in [0.05, 0.1) is 13.2 Å². The maximum absolute atomic E-state index is 13.1. The van der Waals surface area contributed by atoms with E-state index in [1.165, 1.54) is 0 Å². The van der Waals surface area contributed by atoms with Gasteiger partial charge in [0.15, 0.2) is 0 Å². The Bertz CT molecular complexity index is 990. The van der Waals surface area contributed by atoms with Gasteiger partial charge in [-0.2, -0.15) is 0 Å². The Balaban J connectivity index is 1.50. The predicted molar refractivity (Wildman–Crippen MR) is 112 cm³/mol. The number of amides is 1. The molecule has 0 unspecified atom stereocenters. The molecule has 5 nitrogen and oxygen atoms in total. The lowest BCUT2D eigenvalue weighted by Crippen LogP contribution is -2.29. The smallest absolute Gasteiger partial charge is 0.253 e. The molecule has 0 bridgehead atoms. The first-order chi connectivity index (χ1) is 14.1. The van der Waals surface area contributed by atoms with Gasteiger partial charge in [-0.1, -0.05) is 24.3 Å². The van der Waals surface area contributed by atoms with Crippen molar-refractivity contribution < 1.29 is 14.6 Å². The van der Waals surface area contributed by atoms with Crippen molar-refractivity contribution in [3.8, 4) is 16.9 Å². The van der Waals surface area contributed by atoms with Gasteiger partial charge >= 0.3 is 0 Å². The highest BCUT2D eigenvalue weighted by Crippen LogP contribution is 2.27. The highest BCUT2D eigenvalue weighted by atomic mass is 16.5. The second kappa shape index (κ2) is 8.45. The summed E-state index contributed by atoms with van der Waals surface area (Å²) in [4.78, 5) is 18.9. The summed E-state index contributed by atoms with van der Waals surface area (Å²) >= 11 is 0. The molecule has 5 heteroatoms. The number of aliphatic hydroxyl groups is 1. The van der Waals surface area contributed by atoms with Crippen molar-refractivity contribution in [1.29, 1.82) is 0 Å². The number of ether oxygens (including phenoxy) is 1. The molecule has 1 N–H and O–H groups in total. The van der Waals surface area contributed by atoms with E-state index in [9.17, 15) is 9.90 Å². The van der Waals surface area contributed by atoms with Crippen LogP contribution in [0, 0.1) is 5.92 Å². The maximum atomic E-state index is 13.1. The van der Waals surface area contributed by atoms with E-state index in [1.54, 1.807) is 24.4 Å². The van der Waals surface area contributed by atoms with Gasteiger partial charge in [-0.05, 0) is 59.5 Å². The van der Waals surface area contributed by atoms with Gasteiger partial charge < -0.3 is 14.7 Å². The number of likely N-dealkylation sites (tertiary alicyclic amines) is 1. The first-order valence-corrected chi connectivity index (χ1v) is 9.75. The van der Waals surface area contributed by atoms with Gasteiger partial charge in [-0.3, -0.25) is 9.78 Å². The summed E-state index contributed by atoms with van der Waals surface area (Å²) < 4.78 is 5.30. The van der Waals surface area contributed by atoms with E-state index in [1.807, 2.05) is 60.7 Å². The van der Waals surface area contributed by atoms with Crippen LogP contribution in [0.4, 0.5) is 0 Å². The average Bonchev–Trinajstić information content (AvgIpc) is 3.14. The number of aromatic nitrogens is 1. The Morgan fingerprint density at radius 1 is 1.07 bits per heavy atom. The number of rotatable bonds is 5. The molecule has 0 radical (unpaired) electrons. The number of carbonyl (C=O) groups excluding carboxylic acids is 1. The fourth-order valence-corrected chi connectivity index (χ4v) is 3.86. The third-order valence-corrected chi connectivity index (χ3v) is 5.45. The molecule has 0 spiro atoms. The van der Waals surface area contributed by atoms with Gasteiger partial charge in [-0.25, -0.2) is 0 Å². The lowest BCUT2D eigenvalue weighted by molar-refractivity contribution is 0.0764. The summed E-state index contributed by atoms with van der Waals surface area (Å²) in [5, 5.41) is 10.5. The van der Waals surface area contributed by atoms with E-state index in [4.69, 9.17) is 4.74 Å². The normalized spacial score (nSPS) is 18.6. The topological polar surface area (TPSA) is 62.7 Å². The quantitative estimate of drug-likeness (QED) is 0.727. The minimum atomic E-state index is -0.520. The molecule has 148 valence electrons. The zero-order chi connectivity index (χ0) is 20.2. The van der Waals surface area contributed by atoms with Crippen LogP contribution in [0.15, 0.2) is 73.1 Å². The van der Waals surface area contributed by atoms with Gasteiger partial charge in [0, 0.05) is 37.0 Å². The van der Waals surface area contributed by atoms with E-state index in [0.29, 0.717) is 18.7 Å². The predicted octanol–water partition coefficient (Wildman–Crippen LogP) is 3.43. The van der Waals surface area contributed by atoms with Crippen molar-refractivity contribution >= 4 is 5.91 Å². The van der Waals surface area contributed by atoms with Crippen LogP contribution in [0.25, 0.3) is 11.1 Å². The number of β-amino-alcohol motifs (C(OH)–C–C–N with tert-alkyl or cyclic N) is 1. The zero-order valence-corrected chi connectivity index (χ0v) is 16.4. The van der Waals surface area contributed by atoms with Crippen LogP contribution < -0.4 is 4.74 Å². The largest absolute Gasteiger partial charge is 0.497 e. The fraction of sp³-hybridized carbons (Fsp3) is 0.250. The van der Waals surface area contributed by atoms with E-state index in [-0.39, 0.29) is 11.8 Å². The number of aliphatic hydroxyl groups excluding tert-OH is 1. The molecular formula is C24H24N2O3. The average molecular weight is 388 g/mol. The minimum Gasteiger partial charge on any atom is -0.497 e. The van der Waals surface area contributed by atoms with Gasteiger partial charge in [0.25, 0.3) is 5.91 Å². The van der Waals surface area contributed by atoms with Gasteiger partial charge in [0.2, 0.25) is 0 Å². The van der Waals surface area contributed by atoms with E-state index < -0.39 is 6.10 Å². The van der Waals surface area contributed by atoms with E-state index >= 15 is 0 Å². The summed E-state index contributed by atoms with van der Waals surface area (Å²) in [5.41, 5.74) is 3.71. The molecule has 4 rings (SSSR count). The summed E-state index contributed by atoms with van der Waals surface area (Å²) in [5.74, 6) is 0.759. The molecule has 0 saturated carbocycles. The van der Waals surface area contributed by atoms with Crippen LogP contribution in [-0.2, 0) is 6.42 Å². The van der Waals surface area contributed by atoms with Crippen LogP contribution in [0.1, 0.15) is 15.9 Å². The van der Waals surface area contributed by atoms with Crippen molar-refractivity contribution in [2.24, 2.45) is 5.92 Å². The van der Waals surface area contributed by atoms with Crippen molar-refractivity contribution in [3.05, 3.63) is 84.2 Å². The molecular weight excluding hydrogens is 364 g/mol. The molecule has 0 aliphatic carbocycles. The fourth-order valence-electron chi connectivity index (χ4n) is 3.86. The first-order valence-electron chi connectivity index (χ1n) is 9.75. The second-order valence-electron chi connectivity index (χ2n) is 7.41. The standard InChI is InChI=1S/C24H24N2O3/c1-29-22-7-3-5-19(14-22)18-4-2-6-20(13-18)24(28)26-15-21(23(27)16-26)12-17-8-10-25-11-9-17/h2-11,13-14,21,23,27H,12,15-16H2,1H3/t21-,23+/m1/s1. The van der Waals surface area contributed by atoms with Crippen LogP contribution >= 0.6 is 0 Å². The third kappa shape index (κ3) is 4.30. The van der Waals surface area contributed by atoms with E-state index in [2.05, 4.69) is 4.98 Å². The summed E-state index contributed by atoms with van der Waals surface area (Å²) in [7, 11) is 1.64. The molecule has 2 heterocycles. The van der Waals surface area contributed by atoms with Crippen LogP contribution in [0.2, 0.25) is 0 Å². The molecule has 1 amide bonds. The van der Waals surface area contributed by atoms with Crippen molar-refractivity contribution in [1.82, 2.24) is 9.88 Å². The molecule has 1 fully saturated rings. The Morgan fingerprint density at radius 2 is 1.79 bits per heavy atom. The monoisotopic (exact) mass is 388 g/mol. The molecule has 2 atom stereocenters. The summed E-state index contributed by atoms with van der Waals surface area (Å²) in [6, 6.07) is 19.3. The van der Waals surface area contributed by atoms with E-state index in [0.717, 1.165) is 28.9 Å². The molecule has 1 aromatic heterocycles. The number of carbonyl (C=O) groups is 1.